The molecule has 1 aromatic heterocycles. The summed E-state index contributed by atoms with van der Waals surface area (Å²) in [6, 6.07) is 6.41. The number of rotatable bonds is 4. The number of alkyl halides is 2. The van der Waals surface area contributed by atoms with Crippen molar-refractivity contribution >= 4 is 16.9 Å². The molecule has 2 saturated carbocycles. The molecule has 2 aliphatic carbocycles. The number of nitrogens with one attached hydrogen (secondary N) is 1. The molecule has 7 heteroatoms. The van der Waals surface area contributed by atoms with Gasteiger partial charge in [0.05, 0.1) is 17.1 Å². The molecule has 2 aromatic rings. The van der Waals surface area contributed by atoms with Crippen LogP contribution in [0.1, 0.15) is 57.4 Å². The summed E-state index contributed by atoms with van der Waals surface area (Å²) in [5.74, 6) is 0.821. The summed E-state index contributed by atoms with van der Waals surface area (Å²) in [6.45, 7) is -0.994. The number of hydrogen-bond acceptors (Lipinski definition) is 3. The highest BCUT2D eigenvalue weighted by Crippen LogP contribution is 2.42. The van der Waals surface area contributed by atoms with Crippen LogP contribution >= 0.6 is 0 Å². The molecule has 146 valence electrons. The minimum Gasteiger partial charge on any atom is -0.346 e. The van der Waals surface area contributed by atoms with Gasteiger partial charge < -0.3 is 11.1 Å². The zero-order valence-corrected chi connectivity index (χ0v) is 15.4. The Morgan fingerprint density at radius 3 is 2.59 bits per heavy atom. The molecule has 3 N–H and O–H groups in total. The highest BCUT2D eigenvalue weighted by Gasteiger charge is 2.40. The first-order chi connectivity index (χ1) is 13.0. The molecule has 27 heavy (non-hydrogen) atoms. The third-order valence-electron chi connectivity index (χ3n) is 6.35. The van der Waals surface area contributed by atoms with Gasteiger partial charge >= 0.3 is 6.55 Å². The van der Waals surface area contributed by atoms with E-state index in [0.717, 1.165) is 30.3 Å². The number of para-hydroxylation sites is 2. The molecule has 1 heterocycles. The number of imidazole rings is 1. The van der Waals surface area contributed by atoms with Crippen LogP contribution in [-0.2, 0) is 4.79 Å². The van der Waals surface area contributed by atoms with Crippen LogP contribution in [0.3, 0.4) is 0 Å². The molecule has 3 unspecified atom stereocenters. The second-order valence-electron chi connectivity index (χ2n) is 8.03. The van der Waals surface area contributed by atoms with E-state index in [-0.39, 0.29) is 23.7 Å². The largest absolute Gasteiger partial charge is 0.346 e. The van der Waals surface area contributed by atoms with E-state index in [9.17, 15) is 13.6 Å². The van der Waals surface area contributed by atoms with Gasteiger partial charge in [0.15, 0.2) is 0 Å². The Balaban J connectivity index is 1.52. The summed E-state index contributed by atoms with van der Waals surface area (Å²) in [5, 5.41) is 2.93. The van der Waals surface area contributed by atoms with Crippen LogP contribution in [0, 0.1) is 17.8 Å². The van der Waals surface area contributed by atoms with Gasteiger partial charge in [0.1, 0.15) is 5.82 Å². The number of fused-ring (bicyclic) bond motifs is 3. The van der Waals surface area contributed by atoms with Gasteiger partial charge in [-0.05, 0) is 56.6 Å². The summed E-state index contributed by atoms with van der Waals surface area (Å²) < 4.78 is 28.2. The van der Waals surface area contributed by atoms with E-state index in [1.165, 1.54) is 6.42 Å². The summed E-state index contributed by atoms with van der Waals surface area (Å²) >= 11 is 0. The van der Waals surface area contributed by atoms with Crippen LogP contribution in [0.5, 0.6) is 0 Å². The fraction of sp³-hybridized carbons (Fsp3) is 0.600. The zero-order chi connectivity index (χ0) is 19.1. The fourth-order valence-electron chi connectivity index (χ4n) is 4.97. The van der Waals surface area contributed by atoms with Gasteiger partial charge in [0.25, 0.3) is 0 Å². The number of hydrogen-bond donors (Lipinski definition) is 2. The first-order valence-electron chi connectivity index (χ1n) is 9.76. The SMILES string of the molecule is CC(NC(=O)C1CC2CCCC(C1)C2N)c1nc2ccccc2n1C(F)F. The number of nitrogens with two attached hydrogens (primary N) is 1. The van der Waals surface area contributed by atoms with Crippen LogP contribution < -0.4 is 11.1 Å². The van der Waals surface area contributed by atoms with Gasteiger partial charge in [-0.1, -0.05) is 18.6 Å². The van der Waals surface area contributed by atoms with Crippen LogP contribution in [0.2, 0.25) is 0 Å². The molecule has 4 rings (SSSR count). The van der Waals surface area contributed by atoms with E-state index in [4.69, 9.17) is 5.73 Å². The van der Waals surface area contributed by atoms with Crippen molar-refractivity contribution in [3.8, 4) is 0 Å². The normalized spacial score (nSPS) is 29.1. The lowest BCUT2D eigenvalue weighted by atomic mass is 9.65. The Hall–Kier alpha value is -2.02. The number of carbonyl (C=O) groups excluding carboxylic acids is 1. The fourth-order valence-corrected chi connectivity index (χ4v) is 4.97. The van der Waals surface area contributed by atoms with E-state index < -0.39 is 12.6 Å². The van der Waals surface area contributed by atoms with Crippen LogP contribution in [-0.4, -0.2) is 21.5 Å². The maximum atomic E-state index is 13.6. The Bertz CT molecular complexity index is 822. The Labute approximate surface area is 157 Å². The van der Waals surface area contributed by atoms with Crippen LogP contribution in [0.25, 0.3) is 11.0 Å². The molecule has 2 bridgehead atoms. The molecule has 0 saturated heterocycles. The van der Waals surface area contributed by atoms with Crippen molar-refractivity contribution in [3.63, 3.8) is 0 Å². The summed E-state index contributed by atoms with van der Waals surface area (Å²) in [4.78, 5) is 17.2. The average molecular weight is 376 g/mol. The van der Waals surface area contributed by atoms with E-state index in [2.05, 4.69) is 10.3 Å². The van der Waals surface area contributed by atoms with Crippen molar-refractivity contribution in [1.29, 1.82) is 0 Å². The molecule has 0 spiro atoms. The minimum atomic E-state index is -2.71. The molecule has 2 aliphatic rings. The van der Waals surface area contributed by atoms with Gasteiger partial charge in [-0.3, -0.25) is 9.36 Å². The molecular weight excluding hydrogens is 350 g/mol. The lowest BCUT2D eigenvalue weighted by Crippen LogP contribution is -2.49. The molecule has 2 fully saturated rings. The molecule has 0 aliphatic heterocycles. The predicted molar refractivity (Wildman–Crippen MR) is 99.1 cm³/mol. The summed E-state index contributed by atoms with van der Waals surface area (Å²) in [6.07, 6.45) is 4.94. The van der Waals surface area contributed by atoms with Gasteiger partial charge in [0.2, 0.25) is 5.91 Å². The second kappa shape index (κ2) is 7.19. The summed E-state index contributed by atoms with van der Waals surface area (Å²) in [7, 11) is 0. The van der Waals surface area contributed by atoms with Crippen molar-refractivity contribution < 1.29 is 13.6 Å². The number of amides is 1. The van der Waals surface area contributed by atoms with Crippen molar-refractivity contribution in [3.05, 3.63) is 30.1 Å². The predicted octanol–water partition coefficient (Wildman–Crippen LogP) is 3.76. The topological polar surface area (TPSA) is 72.9 Å². The first kappa shape index (κ1) is 18.3. The lowest BCUT2D eigenvalue weighted by Gasteiger charge is -2.43. The van der Waals surface area contributed by atoms with Crippen molar-refractivity contribution in [2.45, 2.75) is 57.7 Å². The summed E-state index contributed by atoms with van der Waals surface area (Å²) in [5.41, 5.74) is 7.19. The third kappa shape index (κ3) is 3.33. The van der Waals surface area contributed by atoms with E-state index in [0.29, 0.717) is 22.9 Å². The molecule has 5 nitrogen and oxygen atoms in total. The van der Waals surface area contributed by atoms with E-state index in [1.54, 1.807) is 31.2 Å². The maximum absolute atomic E-state index is 13.6. The van der Waals surface area contributed by atoms with E-state index >= 15 is 0 Å². The highest BCUT2D eigenvalue weighted by atomic mass is 19.3. The number of carbonyl (C=O) groups is 1. The quantitative estimate of drug-likeness (QED) is 0.853. The number of aromatic nitrogens is 2. The molecule has 0 radical (unpaired) electrons. The van der Waals surface area contributed by atoms with Crippen molar-refractivity contribution in [2.24, 2.45) is 23.5 Å². The minimum absolute atomic E-state index is 0.0702. The zero-order valence-electron chi connectivity index (χ0n) is 15.4. The van der Waals surface area contributed by atoms with Crippen molar-refractivity contribution in [1.82, 2.24) is 14.9 Å². The lowest BCUT2D eigenvalue weighted by molar-refractivity contribution is -0.128. The molecule has 1 amide bonds. The standard InChI is InChI=1S/C20H26F2N4O/c1-11(18-25-15-7-2-3-8-16(15)26(18)20(21)22)24-19(27)14-9-12-5-4-6-13(10-14)17(12)23/h2-3,7-8,11-14,17,20H,4-6,9-10,23H2,1H3,(H,24,27). The second-order valence-corrected chi connectivity index (χ2v) is 8.03. The number of nitrogens with zero attached hydrogens (tertiary/aromatic N) is 2. The average Bonchev–Trinajstić information content (AvgIpc) is 3.01. The van der Waals surface area contributed by atoms with Gasteiger partial charge in [-0.25, -0.2) is 4.98 Å². The first-order valence-corrected chi connectivity index (χ1v) is 9.76. The monoisotopic (exact) mass is 376 g/mol. The molecular formula is C20H26F2N4O. The van der Waals surface area contributed by atoms with Crippen LogP contribution in [0.15, 0.2) is 24.3 Å². The van der Waals surface area contributed by atoms with Crippen molar-refractivity contribution in [2.75, 3.05) is 0 Å². The van der Waals surface area contributed by atoms with Gasteiger partial charge in [0, 0.05) is 12.0 Å². The smallest absolute Gasteiger partial charge is 0.320 e. The highest BCUT2D eigenvalue weighted by molar-refractivity contribution is 5.80. The van der Waals surface area contributed by atoms with Gasteiger partial charge in [-0.2, -0.15) is 8.78 Å². The third-order valence-corrected chi connectivity index (χ3v) is 6.35. The number of halogens is 2. The Morgan fingerprint density at radius 2 is 1.93 bits per heavy atom. The molecule has 1 aromatic carbocycles. The van der Waals surface area contributed by atoms with Crippen LogP contribution in [0.4, 0.5) is 8.78 Å². The Morgan fingerprint density at radius 1 is 1.26 bits per heavy atom. The van der Waals surface area contributed by atoms with Gasteiger partial charge in [-0.15, -0.1) is 0 Å². The van der Waals surface area contributed by atoms with E-state index in [1.807, 2.05) is 0 Å². The Kier molecular flexibility index (Phi) is 4.88. The molecule has 3 atom stereocenters. The maximum Gasteiger partial charge on any atom is 0.320 e. The number of benzene rings is 1.